The third-order valence-corrected chi connectivity index (χ3v) is 3.55. The van der Waals surface area contributed by atoms with Crippen LogP contribution in [-0.4, -0.2) is 28.8 Å². The molecule has 0 spiro atoms. The summed E-state index contributed by atoms with van der Waals surface area (Å²) in [5, 5.41) is 0. The van der Waals surface area contributed by atoms with E-state index in [4.69, 9.17) is 5.73 Å². The summed E-state index contributed by atoms with van der Waals surface area (Å²) in [6.45, 7) is 0. The van der Waals surface area contributed by atoms with Crippen LogP contribution >= 0.6 is 0 Å². The molecule has 2 N–H and O–H groups in total. The summed E-state index contributed by atoms with van der Waals surface area (Å²) >= 11 is 0. The van der Waals surface area contributed by atoms with Crippen molar-refractivity contribution in [2.75, 3.05) is 0 Å². The van der Waals surface area contributed by atoms with Crippen LogP contribution in [0.3, 0.4) is 0 Å². The number of nitrogens with zero attached hydrogens (tertiary/aromatic N) is 1. The van der Waals surface area contributed by atoms with Crippen molar-refractivity contribution in [3.05, 3.63) is 0 Å². The van der Waals surface area contributed by atoms with Gasteiger partial charge in [0.05, 0.1) is 0 Å². The normalized spacial score (nSPS) is 32.0. The highest BCUT2D eigenvalue weighted by Crippen LogP contribution is 2.30. The Morgan fingerprint density at radius 3 is 2.73 bits per heavy atom. The van der Waals surface area contributed by atoms with Gasteiger partial charge in [-0.3, -0.25) is 9.59 Å². The summed E-state index contributed by atoms with van der Waals surface area (Å²) in [6.07, 6.45) is 6.58. The Kier molecular flexibility index (Phi) is 2.93. The zero-order valence-electron chi connectivity index (χ0n) is 8.95. The van der Waals surface area contributed by atoms with Gasteiger partial charge in [-0.2, -0.15) is 0 Å². The molecule has 2 fully saturated rings. The van der Waals surface area contributed by atoms with Gasteiger partial charge >= 0.3 is 0 Å². The molecule has 4 nitrogen and oxygen atoms in total. The van der Waals surface area contributed by atoms with E-state index >= 15 is 0 Å². The minimum atomic E-state index is -0.341. The largest absolute Gasteiger partial charge is 0.368 e. The molecule has 15 heavy (non-hydrogen) atoms. The van der Waals surface area contributed by atoms with E-state index in [0.29, 0.717) is 6.42 Å². The van der Waals surface area contributed by atoms with Gasteiger partial charge in [0, 0.05) is 12.5 Å². The lowest BCUT2D eigenvalue weighted by Crippen LogP contribution is -2.47. The molecule has 2 aliphatic heterocycles. The Morgan fingerprint density at radius 1 is 1.20 bits per heavy atom. The monoisotopic (exact) mass is 210 g/mol. The van der Waals surface area contributed by atoms with E-state index in [0.717, 1.165) is 32.1 Å². The second-order valence-corrected chi connectivity index (χ2v) is 4.55. The number of carbonyl (C=O) groups excluding carboxylic acids is 2. The van der Waals surface area contributed by atoms with Crippen molar-refractivity contribution < 1.29 is 9.59 Å². The fraction of sp³-hybridized carbons (Fsp3) is 0.818. The van der Waals surface area contributed by atoms with Crippen LogP contribution in [0.1, 0.15) is 44.9 Å². The van der Waals surface area contributed by atoms with Crippen molar-refractivity contribution in [2.24, 2.45) is 5.73 Å². The maximum Gasteiger partial charge on any atom is 0.240 e. The molecule has 4 heteroatoms. The number of amides is 2. The number of hydrogen-bond acceptors (Lipinski definition) is 2. The van der Waals surface area contributed by atoms with Crippen LogP contribution in [0, 0.1) is 0 Å². The fourth-order valence-electron chi connectivity index (χ4n) is 2.79. The molecule has 2 amide bonds. The molecule has 0 aromatic rings. The molecule has 2 atom stereocenters. The van der Waals surface area contributed by atoms with E-state index < -0.39 is 0 Å². The summed E-state index contributed by atoms with van der Waals surface area (Å²) < 4.78 is 0. The first-order chi connectivity index (χ1) is 7.20. The Bertz CT molecular complexity index is 278. The molecule has 2 unspecified atom stereocenters. The zero-order chi connectivity index (χ0) is 10.8. The number of fused-ring (bicyclic) bond motifs is 1. The fourth-order valence-corrected chi connectivity index (χ4v) is 2.79. The molecular formula is C11H18N2O2. The Balaban J connectivity index is 2.15. The summed E-state index contributed by atoms with van der Waals surface area (Å²) in [6, 6.07) is -0.0594. The molecule has 0 aliphatic carbocycles. The minimum Gasteiger partial charge on any atom is -0.368 e. The maximum atomic E-state index is 11.9. The average Bonchev–Trinajstić information content (AvgIpc) is 2.57. The van der Waals surface area contributed by atoms with Crippen LogP contribution in [0.25, 0.3) is 0 Å². The first kappa shape index (κ1) is 10.5. The van der Waals surface area contributed by atoms with Crippen LogP contribution in [-0.2, 0) is 9.59 Å². The average molecular weight is 210 g/mol. The van der Waals surface area contributed by atoms with Crippen LogP contribution in [0.15, 0.2) is 0 Å². The number of carbonyl (C=O) groups is 2. The van der Waals surface area contributed by atoms with E-state index in [1.807, 2.05) is 0 Å². The lowest BCUT2D eigenvalue weighted by atomic mass is 10.0. The van der Waals surface area contributed by atoms with E-state index in [1.165, 1.54) is 6.42 Å². The lowest BCUT2D eigenvalue weighted by molar-refractivity contribution is -0.140. The highest BCUT2D eigenvalue weighted by Gasteiger charge is 2.39. The minimum absolute atomic E-state index is 0.126. The van der Waals surface area contributed by atoms with E-state index in [-0.39, 0.29) is 23.9 Å². The van der Waals surface area contributed by atoms with Crippen molar-refractivity contribution in [3.8, 4) is 0 Å². The number of nitrogens with two attached hydrogens (primary N) is 1. The molecule has 0 aromatic carbocycles. The number of primary amides is 1. The predicted molar refractivity (Wildman–Crippen MR) is 55.9 cm³/mol. The second-order valence-electron chi connectivity index (χ2n) is 4.55. The van der Waals surface area contributed by atoms with Crippen molar-refractivity contribution in [1.29, 1.82) is 0 Å². The Morgan fingerprint density at radius 2 is 2.00 bits per heavy atom. The van der Waals surface area contributed by atoms with E-state index in [1.54, 1.807) is 4.90 Å². The zero-order valence-corrected chi connectivity index (χ0v) is 8.95. The van der Waals surface area contributed by atoms with Gasteiger partial charge in [0.15, 0.2) is 0 Å². The summed E-state index contributed by atoms with van der Waals surface area (Å²) in [4.78, 5) is 24.9. The van der Waals surface area contributed by atoms with Gasteiger partial charge < -0.3 is 10.6 Å². The van der Waals surface area contributed by atoms with Crippen molar-refractivity contribution in [2.45, 2.75) is 57.0 Å². The highest BCUT2D eigenvalue weighted by molar-refractivity contribution is 5.87. The Hall–Kier alpha value is -1.06. The molecule has 0 aromatic heterocycles. The van der Waals surface area contributed by atoms with Gasteiger partial charge in [-0.05, 0) is 25.7 Å². The van der Waals surface area contributed by atoms with Crippen molar-refractivity contribution >= 4 is 11.8 Å². The second kappa shape index (κ2) is 4.21. The molecule has 84 valence electrons. The van der Waals surface area contributed by atoms with Crippen molar-refractivity contribution in [3.63, 3.8) is 0 Å². The first-order valence-electron chi connectivity index (χ1n) is 5.80. The van der Waals surface area contributed by atoms with Crippen LogP contribution in [0.2, 0.25) is 0 Å². The molecule has 0 radical (unpaired) electrons. The number of hydrogen-bond donors (Lipinski definition) is 1. The Labute approximate surface area is 89.8 Å². The predicted octanol–water partition coefficient (Wildman–Crippen LogP) is 0.795. The van der Waals surface area contributed by atoms with Crippen molar-refractivity contribution in [1.82, 2.24) is 4.90 Å². The smallest absolute Gasteiger partial charge is 0.240 e. The van der Waals surface area contributed by atoms with Gasteiger partial charge in [-0.15, -0.1) is 0 Å². The third-order valence-electron chi connectivity index (χ3n) is 3.55. The van der Waals surface area contributed by atoms with Crippen LogP contribution < -0.4 is 5.73 Å². The molecule has 2 aliphatic rings. The van der Waals surface area contributed by atoms with Gasteiger partial charge in [-0.1, -0.05) is 12.8 Å². The van der Waals surface area contributed by atoms with Crippen LogP contribution in [0.5, 0.6) is 0 Å². The van der Waals surface area contributed by atoms with Crippen LogP contribution in [0.4, 0.5) is 0 Å². The highest BCUT2D eigenvalue weighted by atomic mass is 16.2. The molecule has 0 bridgehead atoms. The van der Waals surface area contributed by atoms with Gasteiger partial charge in [0.25, 0.3) is 0 Å². The topological polar surface area (TPSA) is 63.4 Å². The summed E-state index contributed by atoms with van der Waals surface area (Å²) in [7, 11) is 0. The first-order valence-corrected chi connectivity index (χ1v) is 5.80. The van der Waals surface area contributed by atoms with Gasteiger partial charge in [0.1, 0.15) is 6.04 Å². The summed E-state index contributed by atoms with van der Waals surface area (Å²) in [5.74, 6) is -0.215. The molecule has 2 rings (SSSR count). The lowest BCUT2D eigenvalue weighted by Gasteiger charge is -2.30. The third kappa shape index (κ3) is 1.98. The van der Waals surface area contributed by atoms with Gasteiger partial charge in [0.2, 0.25) is 11.8 Å². The standard InChI is InChI=1S/C11H18N2O2/c12-11(15)9-7-6-8-4-2-1-3-5-10(14)13(8)9/h8-9H,1-7H2,(H2,12,15). The van der Waals surface area contributed by atoms with E-state index in [2.05, 4.69) is 0 Å². The summed E-state index contributed by atoms with van der Waals surface area (Å²) in [5.41, 5.74) is 5.32. The molecular weight excluding hydrogens is 192 g/mol. The SMILES string of the molecule is NC(=O)C1CCC2CCCCCC(=O)N21. The maximum absolute atomic E-state index is 11.9. The number of rotatable bonds is 1. The molecule has 0 saturated carbocycles. The quantitative estimate of drug-likeness (QED) is 0.695. The molecule has 2 saturated heterocycles. The van der Waals surface area contributed by atoms with E-state index in [9.17, 15) is 9.59 Å². The van der Waals surface area contributed by atoms with Gasteiger partial charge in [-0.25, -0.2) is 0 Å². The molecule has 2 heterocycles.